The molecule has 0 aliphatic carbocycles. The topological polar surface area (TPSA) is 9.23 Å². The summed E-state index contributed by atoms with van der Waals surface area (Å²) in [5.41, 5.74) is 1.49. The van der Waals surface area contributed by atoms with Gasteiger partial charge in [-0.25, -0.2) is 0 Å². The third-order valence-corrected chi connectivity index (χ3v) is 1.95. The molecule has 0 spiro atoms. The second-order valence-corrected chi connectivity index (χ2v) is 3.20. The molecule has 1 heteroatoms. The van der Waals surface area contributed by atoms with Crippen LogP contribution in [0.4, 0.5) is 0 Å². The van der Waals surface area contributed by atoms with Gasteiger partial charge >= 0.3 is 0 Å². The van der Waals surface area contributed by atoms with E-state index in [0.717, 1.165) is 19.6 Å². The number of unbranched alkanes of at least 4 members (excludes halogenated alkanes) is 1. The maximum absolute atomic E-state index is 5.38. The summed E-state index contributed by atoms with van der Waals surface area (Å²) in [6, 6.07) is 0. The minimum Gasteiger partial charge on any atom is -0.381 e. The zero-order valence-electron chi connectivity index (χ0n) is 8.73. The molecule has 0 saturated carbocycles. The second-order valence-electron chi connectivity index (χ2n) is 3.20. The van der Waals surface area contributed by atoms with E-state index in [1.807, 2.05) is 0 Å². The van der Waals surface area contributed by atoms with E-state index in [1.54, 1.807) is 0 Å². The van der Waals surface area contributed by atoms with Crippen LogP contribution in [-0.4, -0.2) is 13.2 Å². The minimum absolute atomic E-state index is 0.919. The molecule has 0 N–H and O–H groups in total. The SMILES string of the molecule is C/C=C(\C)CCCCOCCC. The van der Waals surface area contributed by atoms with E-state index >= 15 is 0 Å². The molecule has 12 heavy (non-hydrogen) atoms. The van der Waals surface area contributed by atoms with E-state index in [2.05, 4.69) is 26.8 Å². The lowest BCUT2D eigenvalue weighted by molar-refractivity contribution is 0.131. The second kappa shape index (κ2) is 8.79. The van der Waals surface area contributed by atoms with E-state index in [0.29, 0.717) is 0 Å². The van der Waals surface area contributed by atoms with Gasteiger partial charge in [0.2, 0.25) is 0 Å². The van der Waals surface area contributed by atoms with Gasteiger partial charge < -0.3 is 4.74 Å². The summed E-state index contributed by atoms with van der Waals surface area (Å²) in [7, 11) is 0. The van der Waals surface area contributed by atoms with Crippen molar-refractivity contribution >= 4 is 0 Å². The Bertz CT molecular complexity index is 116. The summed E-state index contributed by atoms with van der Waals surface area (Å²) in [4.78, 5) is 0. The smallest absolute Gasteiger partial charge is 0.0466 e. The molecule has 0 unspecified atom stereocenters. The predicted octanol–water partition coefficient (Wildman–Crippen LogP) is 3.55. The van der Waals surface area contributed by atoms with Crippen molar-refractivity contribution < 1.29 is 4.74 Å². The first-order chi connectivity index (χ1) is 5.81. The van der Waals surface area contributed by atoms with Crippen LogP contribution in [0.1, 0.15) is 46.5 Å². The molecule has 0 bridgehead atoms. The van der Waals surface area contributed by atoms with E-state index in [9.17, 15) is 0 Å². The van der Waals surface area contributed by atoms with E-state index in [4.69, 9.17) is 4.74 Å². The fraction of sp³-hybridized carbons (Fsp3) is 0.818. The van der Waals surface area contributed by atoms with Crippen LogP contribution in [0.15, 0.2) is 11.6 Å². The Morgan fingerprint density at radius 1 is 1.25 bits per heavy atom. The van der Waals surface area contributed by atoms with Gasteiger partial charge in [0.05, 0.1) is 0 Å². The summed E-state index contributed by atoms with van der Waals surface area (Å²) in [6.07, 6.45) is 7.01. The average molecular weight is 170 g/mol. The first-order valence-electron chi connectivity index (χ1n) is 5.00. The molecule has 1 nitrogen and oxygen atoms in total. The average Bonchev–Trinajstić information content (AvgIpc) is 2.10. The number of allylic oxidation sites excluding steroid dienone is 2. The highest BCUT2D eigenvalue weighted by molar-refractivity contribution is 4.94. The minimum atomic E-state index is 0.919. The molecule has 0 heterocycles. The molecule has 0 aliphatic heterocycles. The number of hydrogen-bond acceptors (Lipinski definition) is 1. The van der Waals surface area contributed by atoms with Crippen LogP contribution in [0.5, 0.6) is 0 Å². The van der Waals surface area contributed by atoms with Crippen LogP contribution in [0.25, 0.3) is 0 Å². The standard InChI is InChI=1S/C11H22O/c1-4-9-12-10-7-6-8-11(3)5-2/h5H,4,6-10H2,1-3H3/b11-5+. The van der Waals surface area contributed by atoms with E-state index in [-0.39, 0.29) is 0 Å². The quantitative estimate of drug-likeness (QED) is 0.419. The zero-order chi connectivity index (χ0) is 9.23. The predicted molar refractivity (Wildman–Crippen MR) is 54.4 cm³/mol. The molecule has 72 valence electrons. The van der Waals surface area contributed by atoms with Crippen molar-refractivity contribution in [2.24, 2.45) is 0 Å². The Morgan fingerprint density at radius 2 is 2.00 bits per heavy atom. The van der Waals surface area contributed by atoms with Crippen LogP contribution in [0, 0.1) is 0 Å². The third kappa shape index (κ3) is 7.80. The van der Waals surface area contributed by atoms with Crippen molar-refractivity contribution in [1.29, 1.82) is 0 Å². The lowest BCUT2D eigenvalue weighted by atomic mass is 10.1. The normalized spacial score (nSPS) is 12.1. The largest absolute Gasteiger partial charge is 0.381 e. The summed E-state index contributed by atoms with van der Waals surface area (Å²) >= 11 is 0. The van der Waals surface area contributed by atoms with Gasteiger partial charge in [-0.15, -0.1) is 0 Å². The zero-order valence-corrected chi connectivity index (χ0v) is 8.73. The summed E-state index contributed by atoms with van der Waals surface area (Å²) in [5.74, 6) is 0. The van der Waals surface area contributed by atoms with Gasteiger partial charge in [-0.2, -0.15) is 0 Å². The highest BCUT2D eigenvalue weighted by Gasteiger charge is 1.90. The van der Waals surface area contributed by atoms with Gasteiger partial charge in [-0.3, -0.25) is 0 Å². The molecular weight excluding hydrogens is 148 g/mol. The van der Waals surface area contributed by atoms with Gasteiger partial charge in [0.1, 0.15) is 0 Å². The first kappa shape index (κ1) is 11.7. The molecule has 0 aromatic carbocycles. The Morgan fingerprint density at radius 3 is 2.58 bits per heavy atom. The van der Waals surface area contributed by atoms with Gasteiger partial charge in [0.25, 0.3) is 0 Å². The lowest BCUT2D eigenvalue weighted by Gasteiger charge is -2.02. The third-order valence-electron chi connectivity index (χ3n) is 1.95. The molecule has 0 aliphatic rings. The molecule has 0 amide bonds. The van der Waals surface area contributed by atoms with Crippen LogP contribution in [0.3, 0.4) is 0 Å². The van der Waals surface area contributed by atoms with Crippen molar-refractivity contribution in [3.8, 4) is 0 Å². The molecule has 0 aromatic rings. The molecule has 0 rings (SSSR count). The highest BCUT2D eigenvalue weighted by Crippen LogP contribution is 2.05. The summed E-state index contributed by atoms with van der Waals surface area (Å²) in [5, 5.41) is 0. The Kier molecular flexibility index (Phi) is 8.57. The van der Waals surface area contributed by atoms with Gasteiger partial charge in [0.15, 0.2) is 0 Å². The maximum atomic E-state index is 5.38. The van der Waals surface area contributed by atoms with Gasteiger partial charge in [-0.1, -0.05) is 18.6 Å². The molecule has 0 atom stereocenters. The molecule has 0 aromatic heterocycles. The summed E-state index contributed by atoms with van der Waals surface area (Å²) in [6.45, 7) is 8.28. The Balaban J connectivity index is 3.00. The molecule has 0 saturated heterocycles. The van der Waals surface area contributed by atoms with Crippen molar-refractivity contribution in [1.82, 2.24) is 0 Å². The van der Waals surface area contributed by atoms with Crippen LogP contribution in [0.2, 0.25) is 0 Å². The molecule has 0 radical (unpaired) electrons. The monoisotopic (exact) mass is 170 g/mol. The van der Waals surface area contributed by atoms with Gasteiger partial charge in [0, 0.05) is 13.2 Å². The number of ether oxygens (including phenoxy) is 1. The lowest BCUT2D eigenvalue weighted by Crippen LogP contribution is -1.95. The van der Waals surface area contributed by atoms with Crippen LogP contribution >= 0.6 is 0 Å². The van der Waals surface area contributed by atoms with Gasteiger partial charge in [-0.05, 0) is 39.5 Å². The number of rotatable bonds is 7. The van der Waals surface area contributed by atoms with Crippen LogP contribution < -0.4 is 0 Å². The summed E-state index contributed by atoms with van der Waals surface area (Å²) < 4.78 is 5.38. The van der Waals surface area contributed by atoms with Crippen molar-refractivity contribution in [2.45, 2.75) is 46.5 Å². The Labute approximate surface area is 76.8 Å². The fourth-order valence-corrected chi connectivity index (χ4v) is 0.999. The molecule has 0 fully saturated rings. The maximum Gasteiger partial charge on any atom is 0.0466 e. The van der Waals surface area contributed by atoms with Crippen molar-refractivity contribution in [3.05, 3.63) is 11.6 Å². The number of hydrogen-bond donors (Lipinski definition) is 0. The van der Waals surface area contributed by atoms with E-state index < -0.39 is 0 Å². The first-order valence-corrected chi connectivity index (χ1v) is 5.00. The van der Waals surface area contributed by atoms with Crippen molar-refractivity contribution in [2.75, 3.05) is 13.2 Å². The van der Waals surface area contributed by atoms with E-state index in [1.165, 1.54) is 24.8 Å². The Hall–Kier alpha value is -0.300. The fourth-order valence-electron chi connectivity index (χ4n) is 0.999. The molecular formula is C11H22O. The van der Waals surface area contributed by atoms with Crippen LogP contribution in [-0.2, 0) is 4.74 Å². The van der Waals surface area contributed by atoms with Crippen molar-refractivity contribution in [3.63, 3.8) is 0 Å². The highest BCUT2D eigenvalue weighted by atomic mass is 16.5.